The summed E-state index contributed by atoms with van der Waals surface area (Å²) in [5.74, 6) is 0.672. The predicted octanol–water partition coefficient (Wildman–Crippen LogP) is 4.50. The van der Waals surface area contributed by atoms with E-state index in [9.17, 15) is 9.59 Å². The fraction of sp³-hybridized carbons (Fsp3) is 0.379. The molecule has 0 spiro atoms. The van der Waals surface area contributed by atoms with Crippen LogP contribution in [0, 0.1) is 0 Å². The minimum Gasteiger partial charge on any atom is -0.497 e. The van der Waals surface area contributed by atoms with Gasteiger partial charge in [0.05, 0.1) is 7.11 Å². The lowest BCUT2D eigenvalue weighted by Gasteiger charge is -2.42. The van der Waals surface area contributed by atoms with E-state index in [2.05, 4.69) is 22.0 Å². The Labute approximate surface area is 211 Å². The molecular formula is C29H32N4O3. The van der Waals surface area contributed by atoms with E-state index in [0.29, 0.717) is 13.0 Å². The normalized spacial score (nSPS) is 23.9. The summed E-state index contributed by atoms with van der Waals surface area (Å²) in [6, 6.07) is 15.4. The van der Waals surface area contributed by atoms with Crippen LogP contribution < -0.4 is 4.74 Å². The average molecular weight is 485 g/mol. The summed E-state index contributed by atoms with van der Waals surface area (Å²) in [4.78, 5) is 37.1. The second-order valence-electron chi connectivity index (χ2n) is 10.2. The highest BCUT2D eigenvalue weighted by Gasteiger charge is 2.59. The van der Waals surface area contributed by atoms with Crippen LogP contribution in [0.1, 0.15) is 42.6 Å². The number of nitrogens with one attached hydrogen (secondary N) is 1. The molecule has 2 atom stereocenters. The molecule has 0 saturated carbocycles. The van der Waals surface area contributed by atoms with Gasteiger partial charge in [-0.25, -0.2) is 4.79 Å². The van der Waals surface area contributed by atoms with Crippen molar-refractivity contribution in [2.45, 2.75) is 37.8 Å². The number of imide groups is 1. The Morgan fingerprint density at radius 2 is 1.92 bits per heavy atom. The predicted molar refractivity (Wildman–Crippen MR) is 139 cm³/mol. The van der Waals surface area contributed by atoms with Gasteiger partial charge in [0, 0.05) is 49.2 Å². The molecule has 7 heteroatoms. The lowest BCUT2D eigenvalue weighted by Crippen LogP contribution is -2.53. The van der Waals surface area contributed by atoms with Crippen molar-refractivity contribution in [3.8, 4) is 5.75 Å². The number of fused-ring (bicyclic) bond motifs is 4. The number of aromatic amines is 1. The highest BCUT2D eigenvalue weighted by molar-refractivity contribution is 6.08. The fourth-order valence-corrected chi connectivity index (χ4v) is 6.14. The van der Waals surface area contributed by atoms with E-state index in [1.165, 1.54) is 4.90 Å². The van der Waals surface area contributed by atoms with Gasteiger partial charge in [0.25, 0.3) is 5.91 Å². The second-order valence-corrected chi connectivity index (χ2v) is 10.2. The van der Waals surface area contributed by atoms with Crippen LogP contribution in [0.5, 0.6) is 5.75 Å². The van der Waals surface area contributed by atoms with Crippen LogP contribution in [0.15, 0.2) is 60.7 Å². The van der Waals surface area contributed by atoms with Crippen molar-refractivity contribution in [3.63, 3.8) is 0 Å². The van der Waals surface area contributed by atoms with Crippen molar-refractivity contribution in [2.24, 2.45) is 0 Å². The fourth-order valence-electron chi connectivity index (χ4n) is 6.14. The zero-order valence-corrected chi connectivity index (χ0v) is 20.9. The first-order valence-electron chi connectivity index (χ1n) is 12.8. The molecule has 0 aliphatic carbocycles. The van der Waals surface area contributed by atoms with Crippen LogP contribution in [0.25, 0.3) is 10.9 Å². The van der Waals surface area contributed by atoms with Crippen LogP contribution in [0.2, 0.25) is 0 Å². The summed E-state index contributed by atoms with van der Waals surface area (Å²) in [5, 5.41) is 1.04. The molecule has 4 heterocycles. The van der Waals surface area contributed by atoms with E-state index < -0.39 is 5.54 Å². The molecule has 1 fully saturated rings. The molecule has 3 aliphatic heterocycles. The number of nitrogens with zero attached hydrogens (tertiary/aromatic N) is 3. The molecule has 3 aromatic rings. The Balaban J connectivity index is 1.38. The zero-order valence-electron chi connectivity index (χ0n) is 20.9. The van der Waals surface area contributed by atoms with Gasteiger partial charge >= 0.3 is 6.03 Å². The minimum absolute atomic E-state index is 0.102. The number of ether oxygens (including phenoxy) is 1. The van der Waals surface area contributed by atoms with E-state index in [4.69, 9.17) is 4.74 Å². The van der Waals surface area contributed by atoms with Gasteiger partial charge in [-0.15, -0.1) is 0 Å². The van der Waals surface area contributed by atoms with Crippen molar-refractivity contribution >= 4 is 22.8 Å². The molecule has 0 bridgehead atoms. The summed E-state index contributed by atoms with van der Waals surface area (Å²) < 4.78 is 5.49. The van der Waals surface area contributed by atoms with Crippen molar-refractivity contribution in [2.75, 3.05) is 33.3 Å². The van der Waals surface area contributed by atoms with Crippen LogP contribution in [0.4, 0.5) is 4.79 Å². The first-order chi connectivity index (χ1) is 17.5. The number of H-pyrrole nitrogens is 1. The molecule has 186 valence electrons. The number of hydrogen-bond acceptors (Lipinski definition) is 4. The summed E-state index contributed by atoms with van der Waals surface area (Å²) >= 11 is 0. The van der Waals surface area contributed by atoms with Gasteiger partial charge in [-0.3, -0.25) is 19.5 Å². The molecule has 0 unspecified atom stereocenters. The van der Waals surface area contributed by atoms with Crippen LogP contribution in [-0.2, 0) is 11.2 Å². The van der Waals surface area contributed by atoms with Crippen LogP contribution in [0.3, 0.4) is 0 Å². The third-order valence-corrected chi connectivity index (χ3v) is 7.99. The summed E-state index contributed by atoms with van der Waals surface area (Å²) in [5.41, 5.74) is 3.09. The minimum atomic E-state index is -0.948. The SMILES string of the molecule is COc1ccc2[nH]c3c(c2c1)C[C@@]1(C)C(=O)N(CCCN2CC=CCC2)C(=O)N1[C@@H]3c1ccccc1. The van der Waals surface area contributed by atoms with Gasteiger partial charge in [-0.2, -0.15) is 0 Å². The third kappa shape index (κ3) is 3.53. The number of benzene rings is 2. The largest absolute Gasteiger partial charge is 0.497 e. The summed E-state index contributed by atoms with van der Waals surface area (Å²) in [6.07, 6.45) is 6.70. The lowest BCUT2D eigenvalue weighted by molar-refractivity contribution is -0.133. The molecule has 3 aliphatic rings. The van der Waals surface area contributed by atoms with Crippen molar-refractivity contribution in [1.82, 2.24) is 19.7 Å². The molecule has 1 aromatic heterocycles. The number of carbonyl (C=O) groups excluding carboxylic acids is 2. The monoisotopic (exact) mass is 484 g/mol. The molecule has 3 amide bonds. The molecule has 2 aromatic carbocycles. The van der Waals surface area contributed by atoms with E-state index in [-0.39, 0.29) is 18.0 Å². The molecule has 7 nitrogen and oxygen atoms in total. The molecule has 1 saturated heterocycles. The Hall–Kier alpha value is -3.58. The van der Waals surface area contributed by atoms with Gasteiger partial charge < -0.3 is 9.72 Å². The van der Waals surface area contributed by atoms with Gasteiger partial charge in [0.2, 0.25) is 0 Å². The van der Waals surface area contributed by atoms with Gasteiger partial charge in [-0.05, 0) is 49.1 Å². The Kier molecular flexibility index (Phi) is 5.60. The maximum atomic E-state index is 13.9. The van der Waals surface area contributed by atoms with E-state index in [1.54, 1.807) is 7.11 Å². The molecule has 36 heavy (non-hydrogen) atoms. The third-order valence-electron chi connectivity index (χ3n) is 7.99. The van der Waals surface area contributed by atoms with E-state index in [1.807, 2.05) is 60.4 Å². The van der Waals surface area contributed by atoms with Crippen LogP contribution in [-0.4, -0.2) is 70.4 Å². The number of rotatable bonds is 6. The van der Waals surface area contributed by atoms with Crippen molar-refractivity contribution in [1.29, 1.82) is 0 Å². The molecule has 0 radical (unpaired) electrons. The first-order valence-corrected chi connectivity index (χ1v) is 12.8. The van der Waals surface area contributed by atoms with Crippen molar-refractivity contribution in [3.05, 3.63) is 77.5 Å². The Morgan fingerprint density at radius 3 is 2.67 bits per heavy atom. The standard InChI is InChI=1S/C29H32N4O3/c1-29-19-23-22-18-21(36-2)12-13-24(22)30-25(23)26(20-10-5-3-6-11-20)33(29)28(35)32(27(29)34)17-9-16-31-14-7-4-8-15-31/h3-7,10-13,18,26,30H,8-9,14-17,19H2,1-2H3/t26-,29+/m1/s1. The topological polar surface area (TPSA) is 68.9 Å². The van der Waals surface area contributed by atoms with Gasteiger partial charge in [0.15, 0.2) is 0 Å². The van der Waals surface area contributed by atoms with Gasteiger partial charge in [0.1, 0.15) is 17.3 Å². The Bertz CT molecular complexity index is 1350. The highest BCUT2D eigenvalue weighted by atomic mass is 16.5. The maximum Gasteiger partial charge on any atom is 0.328 e. The average Bonchev–Trinajstić information content (AvgIpc) is 3.35. The van der Waals surface area contributed by atoms with Gasteiger partial charge in [-0.1, -0.05) is 42.5 Å². The summed E-state index contributed by atoms with van der Waals surface area (Å²) in [6.45, 7) is 5.22. The number of amides is 3. The quantitative estimate of drug-likeness (QED) is 0.413. The highest BCUT2D eigenvalue weighted by Crippen LogP contribution is 2.49. The molecule has 6 rings (SSSR count). The molecule has 1 N–H and O–H groups in total. The Morgan fingerprint density at radius 1 is 1.08 bits per heavy atom. The smallest absolute Gasteiger partial charge is 0.328 e. The van der Waals surface area contributed by atoms with Crippen LogP contribution >= 0.6 is 0 Å². The number of urea groups is 1. The van der Waals surface area contributed by atoms with Crippen molar-refractivity contribution < 1.29 is 14.3 Å². The number of carbonyl (C=O) groups is 2. The maximum absolute atomic E-state index is 13.9. The van der Waals surface area contributed by atoms with E-state index >= 15 is 0 Å². The first kappa shape index (κ1) is 22.9. The number of hydrogen-bond donors (Lipinski definition) is 1. The summed E-state index contributed by atoms with van der Waals surface area (Å²) in [7, 11) is 1.66. The van der Waals surface area contributed by atoms with E-state index in [0.717, 1.165) is 65.9 Å². The zero-order chi connectivity index (χ0) is 24.9. The number of methoxy groups -OCH3 is 1. The molecular weight excluding hydrogens is 452 g/mol. The number of aromatic nitrogens is 1. The lowest BCUT2D eigenvalue weighted by atomic mass is 9.81. The second kappa shape index (κ2) is 8.82.